The molecule has 31 heavy (non-hydrogen) atoms. The Morgan fingerprint density at radius 3 is 2.06 bits per heavy atom. The number of methoxy groups -OCH3 is 1. The highest BCUT2D eigenvalue weighted by molar-refractivity contribution is 5.85. The van der Waals surface area contributed by atoms with E-state index in [0.29, 0.717) is 0 Å². The maximum Gasteiger partial charge on any atom is 0.328 e. The van der Waals surface area contributed by atoms with Gasteiger partial charge in [0.15, 0.2) is 0 Å². The molecule has 4 rings (SSSR count). The Morgan fingerprint density at radius 1 is 0.903 bits per heavy atom. The quantitative estimate of drug-likeness (QED) is 0.562. The molecular formula is C28H34O3. The number of rotatable bonds is 5. The van der Waals surface area contributed by atoms with Crippen LogP contribution in [0.4, 0.5) is 0 Å². The van der Waals surface area contributed by atoms with E-state index < -0.39 is 5.97 Å². The van der Waals surface area contributed by atoms with E-state index >= 15 is 0 Å². The third-order valence-electron chi connectivity index (χ3n) is 7.62. The Labute approximate surface area is 186 Å². The second kappa shape index (κ2) is 7.25. The number of hydrogen-bond donors (Lipinski definition) is 1. The lowest BCUT2D eigenvalue weighted by molar-refractivity contribution is -0.131. The van der Waals surface area contributed by atoms with Crippen LogP contribution in [-0.4, -0.2) is 18.2 Å². The van der Waals surface area contributed by atoms with Crippen LogP contribution < -0.4 is 4.74 Å². The van der Waals surface area contributed by atoms with Crippen molar-refractivity contribution in [3.05, 3.63) is 69.8 Å². The first-order chi connectivity index (χ1) is 14.5. The van der Waals surface area contributed by atoms with Gasteiger partial charge in [-0.25, -0.2) is 4.79 Å². The molecule has 0 heterocycles. The van der Waals surface area contributed by atoms with Gasteiger partial charge in [-0.3, -0.25) is 0 Å². The van der Waals surface area contributed by atoms with Gasteiger partial charge in [-0.2, -0.15) is 0 Å². The van der Waals surface area contributed by atoms with Crippen molar-refractivity contribution >= 4 is 12.0 Å². The summed E-state index contributed by atoms with van der Waals surface area (Å²) < 4.78 is 5.76. The van der Waals surface area contributed by atoms with Gasteiger partial charge in [0.2, 0.25) is 0 Å². The summed E-state index contributed by atoms with van der Waals surface area (Å²) in [5, 5.41) is 9.02. The minimum absolute atomic E-state index is 0.0603. The van der Waals surface area contributed by atoms with Crippen molar-refractivity contribution in [2.75, 3.05) is 7.11 Å². The molecular weight excluding hydrogens is 384 g/mol. The van der Waals surface area contributed by atoms with E-state index in [1.165, 1.54) is 46.7 Å². The minimum atomic E-state index is -0.936. The Morgan fingerprint density at radius 2 is 1.52 bits per heavy atom. The normalized spacial score (nSPS) is 20.3. The lowest BCUT2D eigenvalue weighted by Crippen LogP contribution is -2.34. The van der Waals surface area contributed by atoms with Crippen LogP contribution in [0.3, 0.4) is 0 Å². The highest BCUT2D eigenvalue weighted by Crippen LogP contribution is 2.58. The number of benzene rings is 2. The van der Waals surface area contributed by atoms with Gasteiger partial charge >= 0.3 is 5.97 Å². The number of carboxylic acids is 1. The second-order valence-corrected chi connectivity index (χ2v) is 10.7. The molecule has 164 valence electrons. The summed E-state index contributed by atoms with van der Waals surface area (Å²) in [6, 6.07) is 10.9. The number of ether oxygens (including phenoxy) is 1. The third-order valence-corrected chi connectivity index (χ3v) is 7.62. The molecule has 2 aromatic rings. The molecule has 1 fully saturated rings. The smallest absolute Gasteiger partial charge is 0.328 e. The molecule has 0 aromatic heterocycles. The SMILES string of the molecule is COc1ccc(/C=C/C(=O)O)cc1C1(c2cc3c(cc2C)C(C)(C)CCC3(C)C)CC1. The summed E-state index contributed by atoms with van der Waals surface area (Å²) >= 11 is 0. The van der Waals surface area contributed by atoms with Crippen molar-refractivity contribution in [2.24, 2.45) is 0 Å². The van der Waals surface area contributed by atoms with Crippen LogP contribution in [0, 0.1) is 6.92 Å². The van der Waals surface area contributed by atoms with Crippen molar-refractivity contribution < 1.29 is 14.6 Å². The minimum Gasteiger partial charge on any atom is -0.496 e. The predicted molar refractivity (Wildman–Crippen MR) is 126 cm³/mol. The van der Waals surface area contributed by atoms with Gasteiger partial charge in [0, 0.05) is 17.1 Å². The lowest BCUT2D eigenvalue weighted by Gasteiger charge is -2.43. The van der Waals surface area contributed by atoms with Crippen LogP contribution in [0.2, 0.25) is 0 Å². The molecule has 3 heteroatoms. The Bertz CT molecular complexity index is 1070. The number of aryl methyl sites for hydroxylation is 1. The molecule has 3 nitrogen and oxygen atoms in total. The molecule has 0 amide bonds. The lowest BCUT2D eigenvalue weighted by atomic mass is 9.62. The molecule has 0 aliphatic heterocycles. The van der Waals surface area contributed by atoms with Gasteiger partial charge in [0.25, 0.3) is 0 Å². The summed E-state index contributed by atoms with van der Waals surface area (Å²) in [6.07, 6.45) is 7.43. The monoisotopic (exact) mass is 418 g/mol. The van der Waals surface area contributed by atoms with Gasteiger partial charge in [-0.15, -0.1) is 0 Å². The van der Waals surface area contributed by atoms with E-state index in [0.717, 1.165) is 24.2 Å². The fourth-order valence-electron chi connectivity index (χ4n) is 5.42. The van der Waals surface area contributed by atoms with Crippen molar-refractivity contribution in [3.8, 4) is 5.75 Å². The largest absolute Gasteiger partial charge is 0.496 e. The predicted octanol–water partition coefficient (Wildman–Crippen LogP) is 6.53. The Balaban J connectivity index is 1.88. The highest BCUT2D eigenvalue weighted by atomic mass is 16.5. The zero-order valence-corrected chi connectivity index (χ0v) is 19.6. The fraction of sp³-hybridized carbons (Fsp3) is 0.464. The molecule has 0 saturated heterocycles. The molecule has 0 unspecified atom stereocenters. The number of carbonyl (C=O) groups is 1. The van der Waals surface area contributed by atoms with Crippen molar-refractivity contribution in [3.63, 3.8) is 0 Å². The Kier molecular flexibility index (Phi) is 5.07. The standard InChI is InChI=1S/C28H34O3/c1-18-15-21-22(27(4,5)12-11-26(21,2)3)17-20(18)28(13-14-28)23-16-19(8-10-25(29)30)7-9-24(23)31-6/h7-10,15-17H,11-14H2,1-6H3,(H,29,30)/b10-8+. The van der Waals surface area contributed by atoms with E-state index in [2.05, 4.69) is 52.8 Å². The molecule has 0 spiro atoms. The van der Waals surface area contributed by atoms with Gasteiger partial charge in [-0.1, -0.05) is 45.9 Å². The molecule has 1 N–H and O–H groups in total. The molecule has 2 aromatic carbocycles. The number of aliphatic carboxylic acids is 1. The molecule has 0 bridgehead atoms. The van der Waals surface area contributed by atoms with E-state index in [1.807, 2.05) is 12.1 Å². The van der Waals surface area contributed by atoms with Crippen molar-refractivity contribution in [2.45, 2.75) is 76.5 Å². The first kappa shape index (κ1) is 21.7. The molecule has 0 atom stereocenters. The summed E-state index contributed by atoms with van der Waals surface area (Å²) in [5.74, 6) is -0.0597. The summed E-state index contributed by atoms with van der Waals surface area (Å²) in [6.45, 7) is 11.7. The summed E-state index contributed by atoms with van der Waals surface area (Å²) in [4.78, 5) is 11.0. The van der Waals surface area contributed by atoms with Gasteiger partial charge < -0.3 is 9.84 Å². The fourth-order valence-corrected chi connectivity index (χ4v) is 5.42. The zero-order chi connectivity index (χ0) is 22.6. The maximum absolute atomic E-state index is 11.0. The van der Waals surface area contributed by atoms with Crippen LogP contribution in [-0.2, 0) is 21.0 Å². The number of carboxylic acid groups (broad SMARTS) is 1. The molecule has 2 aliphatic rings. The highest BCUT2D eigenvalue weighted by Gasteiger charge is 2.50. The van der Waals surface area contributed by atoms with Crippen molar-refractivity contribution in [1.29, 1.82) is 0 Å². The van der Waals surface area contributed by atoms with Crippen molar-refractivity contribution in [1.82, 2.24) is 0 Å². The topological polar surface area (TPSA) is 46.5 Å². The average molecular weight is 419 g/mol. The van der Waals surface area contributed by atoms with Gasteiger partial charge in [-0.05, 0) is 89.5 Å². The van der Waals surface area contributed by atoms with E-state index in [9.17, 15) is 4.79 Å². The second-order valence-electron chi connectivity index (χ2n) is 10.7. The average Bonchev–Trinajstić information content (AvgIpc) is 3.51. The molecule has 1 saturated carbocycles. The van der Waals surface area contributed by atoms with Crippen LogP contribution in [0.5, 0.6) is 5.75 Å². The van der Waals surface area contributed by atoms with E-state index in [-0.39, 0.29) is 16.2 Å². The first-order valence-corrected chi connectivity index (χ1v) is 11.3. The van der Waals surface area contributed by atoms with E-state index in [4.69, 9.17) is 9.84 Å². The van der Waals surface area contributed by atoms with Crippen LogP contribution in [0.1, 0.15) is 86.8 Å². The zero-order valence-electron chi connectivity index (χ0n) is 19.6. The van der Waals surface area contributed by atoms with Gasteiger partial charge in [0.05, 0.1) is 7.11 Å². The first-order valence-electron chi connectivity index (χ1n) is 11.3. The summed E-state index contributed by atoms with van der Waals surface area (Å²) in [7, 11) is 1.72. The Hall–Kier alpha value is -2.55. The van der Waals surface area contributed by atoms with Crippen LogP contribution in [0.25, 0.3) is 6.08 Å². The summed E-state index contributed by atoms with van der Waals surface area (Å²) in [5.41, 5.74) is 8.08. The van der Waals surface area contributed by atoms with Gasteiger partial charge in [0.1, 0.15) is 5.75 Å². The molecule has 0 radical (unpaired) electrons. The number of hydrogen-bond acceptors (Lipinski definition) is 2. The number of fused-ring (bicyclic) bond motifs is 1. The third kappa shape index (κ3) is 3.69. The van der Waals surface area contributed by atoms with Crippen LogP contribution in [0.15, 0.2) is 36.4 Å². The molecule has 2 aliphatic carbocycles. The van der Waals surface area contributed by atoms with Crippen LogP contribution >= 0.6 is 0 Å². The maximum atomic E-state index is 11.0. The van der Waals surface area contributed by atoms with E-state index in [1.54, 1.807) is 13.2 Å².